The molecule has 1 unspecified atom stereocenters. The Balaban J connectivity index is 2.35. The summed E-state index contributed by atoms with van der Waals surface area (Å²) in [5, 5.41) is 19.6. The van der Waals surface area contributed by atoms with Crippen molar-refractivity contribution in [3.8, 4) is 0 Å². The van der Waals surface area contributed by atoms with Crippen molar-refractivity contribution in [3.05, 3.63) is 46.8 Å². The standard InChI is InChI=1S/C11H12N3O3/c15-8-7-14(6-5-12-9-14)11-3-1-10(2-4-11)13(16)17/h1-6,9,15H,7-8H2/q+1. The first kappa shape index (κ1) is 11.4. The molecule has 0 aliphatic carbocycles. The molecule has 1 heterocycles. The van der Waals surface area contributed by atoms with Crippen molar-refractivity contribution in [2.24, 2.45) is 4.99 Å². The first-order valence-electron chi connectivity index (χ1n) is 5.13. The van der Waals surface area contributed by atoms with E-state index in [2.05, 4.69) is 4.99 Å². The maximum Gasteiger partial charge on any atom is 0.269 e. The van der Waals surface area contributed by atoms with Gasteiger partial charge in [0, 0.05) is 24.3 Å². The number of quaternary nitrogens is 1. The number of rotatable bonds is 4. The predicted molar refractivity (Wildman–Crippen MR) is 64.5 cm³/mol. The molecule has 1 atom stereocenters. The maximum atomic E-state index is 10.6. The monoisotopic (exact) mass is 234 g/mol. The van der Waals surface area contributed by atoms with Crippen molar-refractivity contribution >= 4 is 17.7 Å². The molecule has 1 aliphatic rings. The van der Waals surface area contributed by atoms with E-state index in [4.69, 9.17) is 5.11 Å². The number of aliphatic imine (C=N–C) groups is 1. The summed E-state index contributed by atoms with van der Waals surface area (Å²) in [6, 6.07) is 6.25. The molecular weight excluding hydrogens is 222 g/mol. The summed E-state index contributed by atoms with van der Waals surface area (Å²) < 4.78 is 0.286. The van der Waals surface area contributed by atoms with Crippen LogP contribution in [-0.2, 0) is 0 Å². The summed E-state index contributed by atoms with van der Waals surface area (Å²) in [6.07, 6.45) is 5.17. The van der Waals surface area contributed by atoms with Gasteiger partial charge >= 0.3 is 0 Å². The summed E-state index contributed by atoms with van der Waals surface area (Å²) in [5.74, 6) is 0. The maximum absolute atomic E-state index is 10.6. The first-order chi connectivity index (χ1) is 8.18. The second-order valence-corrected chi connectivity index (χ2v) is 3.71. The van der Waals surface area contributed by atoms with Gasteiger partial charge in [-0.2, -0.15) is 0 Å². The molecule has 0 aromatic heterocycles. The van der Waals surface area contributed by atoms with Crippen molar-refractivity contribution in [2.45, 2.75) is 0 Å². The minimum Gasteiger partial charge on any atom is -0.390 e. The Morgan fingerprint density at radius 1 is 1.35 bits per heavy atom. The van der Waals surface area contributed by atoms with E-state index in [1.54, 1.807) is 24.7 Å². The number of aliphatic hydroxyl groups excluding tert-OH is 1. The van der Waals surface area contributed by atoms with Gasteiger partial charge in [0.25, 0.3) is 5.69 Å². The summed E-state index contributed by atoms with van der Waals surface area (Å²) in [7, 11) is 0. The number of benzene rings is 1. The summed E-state index contributed by atoms with van der Waals surface area (Å²) in [5.41, 5.74) is 0.887. The van der Waals surface area contributed by atoms with Crippen LogP contribution in [0.15, 0.2) is 41.7 Å². The van der Waals surface area contributed by atoms with Crippen molar-refractivity contribution in [1.82, 2.24) is 4.48 Å². The Bertz CT molecular complexity index is 467. The van der Waals surface area contributed by atoms with Gasteiger partial charge in [0.1, 0.15) is 18.4 Å². The largest absolute Gasteiger partial charge is 0.390 e. The lowest BCUT2D eigenvalue weighted by Gasteiger charge is -2.25. The van der Waals surface area contributed by atoms with Gasteiger partial charge in [-0.25, -0.2) is 9.48 Å². The van der Waals surface area contributed by atoms with E-state index in [0.717, 1.165) is 5.69 Å². The van der Waals surface area contributed by atoms with Crippen molar-refractivity contribution in [3.63, 3.8) is 0 Å². The third-order valence-corrected chi connectivity index (χ3v) is 2.70. The normalized spacial score (nSPS) is 21.9. The number of aliphatic hydroxyl groups is 1. The number of hydrogen-bond donors (Lipinski definition) is 1. The molecular formula is C11H12N3O3+. The zero-order valence-corrected chi connectivity index (χ0v) is 9.06. The van der Waals surface area contributed by atoms with Crippen LogP contribution in [0.2, 0.25) is 0 Å². The molecule has 1 aromatic carbocycles. The number of nitro groups is 1. The average Bonchev–Trinajstić information content (AvgIpc) is 2.79. The SMILES string of the molecule is O=[N+]([O-])c1ccc([N+]2(CCO)C=CN=C2)cc1. The highest BCUT2D eigenvalue weighted by molar-refractivity contribution is 5.78. The Kier molecular flexibility index (Phi) is 2.99. The summed E-state index contributed by atoms with van der Waals surface area (Å²) in [6.45, 7) is 0.463. The molecule has 6 heteroatoms. The lowest BCUT2D eigenvalue weighted by molar-refractivity contribution is -0.384. The highest BCUT2D eigenvalue weighted by atomic mass is 16.6. The van der Waals surface area contributed by atoms with Crippen molar-refractivity contribution in [1.29, 1.82) is 0 Å². The predicted octanol–water partition coefficient (Wildman–Crippen LogP) is 1.41. The van der Waals surface area contributed by atoms with Gasteiger partial charge < -0.3 is 5.11 Å². The fraction of sp³-hybridized carbons (Fsp3) is 0.182. The van der Waals surface area contributed by atoms with Gasteiger partial charge in [-0.15, -0.1) is 0 Å². The van der Waals surface area contributed by atoms with Crippen LogP contribution < -0.4 is 4.48 Å². The zero-order chi connectivity index (χ0) is 12.3. The molecule has 0 bridgehead atoms. The average molecular weight is 234 g/mol. The van der Waals surface area contributed by atoms with Gasteiger partial charge in [-0.1, -0.05) is 0 Å². The fourth-order valence-electron chi connectivity index (χ4n) is 1.78. The molecule has 1 N–H and O–H groups in total. The Morgan fingerprint density at radius 3 is 2.53 bits per heavy atom. The minimum atomic E-state index is -0.436. The number of nitro benzene ring substituents is 1. The minimum absolute atomic E-state index is 0.00729. The molecule has 0 saturated carbocycles. The summed E-state index contributed by atoms with van der Waals surface area (Å²) in [4.78, 5) is 14.1. The molecule has 1 aromatic rings. The number of hydrogen-bond acceptors (Lipinski definition) is 4. The molecule has 88 valence electrons. The lowest BCUT2D eigenvalue weighted by atomic mass is 10.2. The van der Waals surface area contributed by atoms with E-state index < -0.39 is 4.92 Å². The van der Waals surface area contributed by atoms with E-state index in [0.29, 0.717) is 6.54 Å². The highest BCUT2D eigenvalue weighted by Gasteiger charge is 2.29. The highest BCUT2D eigenvalue weighted by Crippen LogP contribution is 2.26. The van der Waals surface area contributed by atoms with E-state index in [-0.39, 0.29) is 16.8 Å². The molecule has 0 saturated heterocycles. The van der Waals surface area contributed by atoms with Gasteiger partial charge in [0.05, 0.1) is 17.7 Å². The van der Waals surface area contributed by atoms with Crippen LogP contribution in [0.25, 0.3) is 0 Å². The van der Waals surface area contributed by atoms with Crippen LogP contribution in [0.1, 0.15) is 0 Å². The van der Waals surface area contributed by atoms with E-state index in [1.807, 2.05) is 6.20 Å². The van der Waals surface area contributed by atoms with Crippen LogP contribution >= 0.6 is 0 Å². The lowest BCUT2D eigenvalue weighted by Crippen LogP contribution is -2.43. The van der Waals surface area contributed by atoms with Crippen molar-refractivity contribution in [2.75, 3.05) is 13.2 Å². The second kappa shape index (κ2) is 4.44. The molecule has 0 radical (unpaired) electrons. The topological polar surface area (TPSA) is 75.7 Å². The van der Waals surface area contributed by atoms with Gasteiger partial charge in [0.15, 0.2) is 6.34 Å². The second-order valence-electron chi connectivity index (χ2n) is 3.71. The first-order valence-corrected chi connectivity index (χ1v) is 5.13. The van der Waals surface area contributed by atoms with E-state index in [9.17, 15) is 10.1 Å². The molecule has 17 heavy (non-hydrogen) atoms. The Hall–Kier alpha value is -2.05. The van der Waals surface area contributed by atoms with Crippen LogP contribution in [0.3, 0.4) is 0 Å². The third kappa shape index (κ3) is 2.08. The van der Waals surface area contributed by atoms with Gasteiger partial charge in [-0.05, 0) is 0 Å². The molecule has 6 nitrogen and oxygen atoms in total. The van der Waals surface area contributed by atoms with E-state index >= 15 is 0 Å². The van der Waals surface area contributed by atoms with Crippen molar-refractivity contribution < 1.29 is 10.0 Å². The number of non-ortho nitro benzene ring substituents is 1. The molecule has 0 amide bonds. The number of nitrogens with zero attached hydrogens (tertiary/aromatic N) is 3. The van der Waals surface area contributed by atoms with Crippen LogP contribution in [-0.4, -0.2) is 29.5 Å². The third-order valence-electron chi connectivity index (χ3n) is 2.70. The van der Waals surface area contributed by atoms with Crippen LogP contribution in [0, 0.1) is 10.1 Å². The molecule has 0 spiro atoms. The molecule has 2 rings (SSSR count). The zero-order valence-electron chi connectivity index (χ0n) is 9.06. The molecule has 1 aliphatic heterocycles. The Morgan fingerprint density at radius 2 is 2.06 bits per heavy atom. The van der Waals surface area contributed by atoms with E-state index in [1.165, 1.54) is 12.1 Å². The Labute approximate surface area is 97.9 Å². The van der Waals surface area contributed by atoms with Gasteiger partial charge in [0.2, 0.25) is 0 Å². The van der Waals surface area contributed by atoms with Crippen LogP contribution in [0.4, 0.5) is 11.4 Å². The van der Waals surface area contributed by atoms with Gasteiger partial charge in [-0.3, -0.25) is 10.1 Å². The smallest absolute Gasteiger partial charge is 0.269 e. The van der Waals surface area contributed by atoms with Crippen LogP contribution in [0.5, 0.6) is 0 Å². The fourth-order valence-corrected chi connectivity index (χ4v) is 1.78. The quantitative estimate of drug-likeness (QED) is 0.486. The molecule has 0 fully saturated rings. The summed E-state index contributed by atoms with van der Waals surface area (Å²) >= 11 is 0.